The summed E-state index contributed by atoms with van der Waals surface area (Å²) in [6, 6.07) is 20.2. The number of phenols is 1. The van der Waals surface area contributed by atoms with Gasteiger partial charge in [-0.3, -0.25) is 0 Å². The zero-order chi connectivity index (χ0) is 28.7. The van der Waals surface area contributed by atoms with Crippen LogP contribution >= 0.6 is 0 Å². The molecule has 0 radical (unpaired) electrons. The first kappa shape index (κ1) is 30.7. The summed E-state index contributed by atoms with van der Waals surface area (Å²) in [5, 5.41) is 12.6. The second-order valence-corrected chi connectivity index (χ2v) is 9.92. The van der Waals surface area contributed by atoms with Crippen molar-refractivity contribution in [1.29, 1.82) is 0 Å². The van der Waals surface area contributed by atoms with Crippen LogP contribution in [0.15, 0.2) is 60.7 Å². The number of anilines is 1. The van der Waals surface area contributed by atoms with Gasteiger partial charge in [0, 0.05) is 24.8 Å². The highest BCUT2D eigenvalue weighted by Gasteiger charge is 2.15. The van der Waals surface area contributed by atoms with Gasteiger partial charge in [0.25, 0.3) is 0 Å². The van der Waals surface area contributed by atoms with Crippen LogP contribution in [-0.2, 0) is 19.4 Å². The highest BCUT2D eigenvalue weighted by Crippen LogP contribution is 2.32. The van der Waals surface area contributed by atoms with Gasteiger partial charge >= 0.3 is 0 Å². The van der Waals surface area contributed by atoms with Crippen molar-refractivity contribution >= 4 is 5.69 Å². The maximum absolute atomic E-state index is 9.19. The number of ether oxygens (including phenoxy) is 3. The zero-order valence-electron chi connectivity index (χ0n) is 24.2. The monoisotopic (exact) mass is 544 g/mol. The number of rotatable bonds is 8. The number of terminal acetylenes is 1. The quantitative estimate of drug-likeness (QED) is 0.321. The molecule has 2 aliphatic rings. The van der Waals surface area contributed by atoms with Gasteiger partial charge in [0.1, 0.15) is 17.6 Å². The molecule has 0 amide bonds. The molecule has 1 saturated heterocycles. The van der Waals surface area contributed by atoms with Crippen molar-refractivity contribution < 1.29 is 19.3 Å². The van der Waals surface area contributed by atoms with Crippen LogP contribution in [-0.4, -0.2) is 45.1 Å². The molecule has 0 aromatic heterocycles. The van der Waals surface area contributed by atoms with Crippen molar-refractivity contribution in [2.75, 3.05) is 38.8 Å². The van der Waals surface area contributed by atoms with E-state index < -0.39 is 0 Å². The first-order valence-corrected chi connectivity index (χ1v) is 14.2. The fourth-order valence-corrected chi connectivity index (χ4v) is 5.13. The molecule has 0 unspecified atom stereocenters. The lowest BCUT2D eigenvalue weighted by Gasteiger charge is -2.25. The normalized spacial score (nSPS) is 14.3. The molecule has 0 bridgehead atoms. The maximum Gasteiger partial charge on any atom is 0.162 e. The van der Waals surface area contributed by atoms with E-state index in [1.807, 2.05) is 24.3 Å². The highest BCUT2D eigenvalue weighted by molar-refractivity contribution is 5.56. The number of aryl methyl sites for hydroxylation is 2. The highest BCUT2D eigenvalue weighted by atomic mass is 16.5. The van der Waals surface area contributed by atoms with E-state index in [1.165, 1.54) is 36.0 Å². The lowest BCUT2D eigenvalue weighted by atomic mass is 9.92. The fourth-order valence-electron chi connectivity index (χ4n) is 5.13. The molecule has 5 rings (SSSR count). The number of benzene rings is 3. The van der Waals surface area contributed by atoms with E-state index in [0.717, 1.165) is 68.4 Å². The Kier molecular flexibility index (Phi) is 12.5. The predicted molar refractivity (Wildman–Crippen MR) is 164 cm³/mol. The van der Waals surface area contributed by atoms with Crippen LogP contribution in [0.1, 0.15) is 49.3 Å². The Morgan fingerprint density at radius 2 is 1.52 bits per heavy atom. The molecular weight excluding hydrogens is 500 g/mol. The summed E-state index contributed by atoms with van der Waals surface area (Å²) in [7, 11) is 3.32. The summed E-state index contributed by atoms with van der Waals surface area (Å²) >= 11 is 0. The van der Waals surface area contributed by atoms with E-state index in [4.69, 9.17) is 14.2 Å². The molecular formula is C34H44N2O4. The van der Waals surface area contributed by atoms with Gasteiger partial charge in [0.2, 0.25) is 0 Å². The molecule has 0 spiro atoms. The predicted octanol–water partition coefficient (Wildman–Crippen LogP) is 6.38. The molecule has 2 N–H and O–H groups in total. The molecule has 1 aliphatic heterocycles. The summed E-state index contributed by atoms with van der Waals surface area (Å²) in [6.07, 6.45) is 15.4. The van der Waals surface area contributed by atoms with Gasteiger partial charge in [-0.05, 0) is 112 Å². The molecule has 6 heteroatoms. The van der Waals surface area contributed by atoms with Crippen molar-refractivity contribution in [3.8, 4) is 35.8 Å². The van der Waals surface area contributed by atoms with E-state index in [1.54, 1.807) is 20.3 Å². The van der Waals surface area contributed by atoms with Crippen LogP contribution in [0.2, 0.25) is 0 Å². The number of hydrogen-bond acceptors (Lipinski definition) is 6. The largest absolute Gasteiger partial charge is 0.508 e. The van der Waals surface area contributed by atoms with Gasteiger partial charge in [0.15, 0.2) is 11.5 Å². The third-order valence-electron chi connectivity index (χ3n) is 7.33. The van der Waals surface area contributed by atoms with Gasteiger partial charge < -0.3 is 29.5 Å². The van der Waals surface area contributed by atoms with Crippen LogP contribution in [0.4, 0.5) is 5.69 Å². The Morgan fingerprint density at radius 1 is 0.850 bits per heavy atom. The summed E-state index contributed by atoms with van der Waals surface area (Å²) in [6.45, 7) is 5.98. The van der Waals surface area contributed by atoms with Crippen LogP contribution < -0.4 is 24.4 Å². The van der Waals surface area contributed by atoms with E-state index in [0.29, 0.717) is 11.9 Å². The van der Waals surface area contributed by atoms with Crippen molar-refractivity contribution in [2.45, 2.75) is 58.1 Å². The van der Waals surface area contributed by atoms with Crippen LogP contribution in [0.25, 0.3) is 0 Å². The van der Waals surface area contributed by atoms with Crippen LogP contribution in [0.3, 0.4) is 0 Å². The number of fused-ring (bicyclic) bond motifs is 1. The lowest BCUT2D eigenvalue weighted by Crippen LogP contribution is -2.34. The maximum atomic E-state index is 9.19. The fraction of sp³-hybridized carbons (Fsp3) is 0.412. The van der Waals surface area contributed by atoms with Gasteiger partial charge in [-0.15, -0.1) is 12.8 Å². The molecule has 1 fully saturated rings. The Hall–Kier alpha value is -3.82. The molecule has 3 aromatic rings. The molecule has 214 valence electrons. The van der Waals surface area contributed by atoms with Gasteiger partial charge in [0.05, 0.1) is 14.2 Å². The second kappa shape index (κ2) is 16.3. The Bertz CT molecular complexity index is 1190. The molecule has 1 heterocycles. The average Bonchev–Trinajstić information content (AvgIpc) is 3.02. The standard InChI is InChI=1S/C22H30N2O3.C10H12O.C2H2/c1-4-24(18-7-10-21(25-2)22(15-18)26-3)16-17-5-8-19(9-6-17)27-20-11-13-23-14-12-20;11-10-6-5-8-3-1-2-4-9(8)7-10;1-2/h5-10,15,20,23H,4,11-14,16H2,1-3H3;5-7,11H,1-4H2;1-2H. The minimum Gasteiger partial charge on any atom is -0.508 e. The molecule has 6 nitrogen and oxygen atoms in total. The lowest BCUT2D eigenvalue weighted by molar-refractivity contribution is 0.162. The first-order valence-electron chi connectivity index (χ1n) is 14.2. The number of nitrogens with zero attached hydrogens (tertiary/aromatic N) is 1. The number of hydrogen-bond donors (Lipinski definition) is 2. The summed E-state index contributed by atoms with van der Waals surface area (Å²) in [5.41, 5.74) is 5.14. The minimum absolute atomic E-state index is 0.330. The van der Waals surface area contributed by atoms with Gasteiger partial charge in [-0.25, -0.2) is 0 Å². The number of piperidine rings is 1. The first-order chi connectivity index (χ1) is 19.6. The van der Waals surface area contributed by atoms with Crippen molar-refractivity contribution in [2.24, 2.45) is 0 Å². The number of methoxy groups -OCH3 is 2. The number of phenolic OH excluding ortho intramolecular Hbond substituents is 1. The van der Waals surface area contributed by atoms with Crippen molar-refractivity contribution in [1.82, 2.24) is 5.32 Å². The van der Waals surface area contributed by atoms with E-state index in [-0.39, 0.29) is 0 Å². The summed E-state index contributed by atoms with van der Waals surface area (Å²) in [4.78, 5) is 2.31. The van der Waals surface area contributed by atoms with Gasteiger partial charge in [-0.1, -0.05) is 18.2 Å². The SMILES string of the molecule is C#C.CCN(Cc1ccc(OC2CCNCC2)cc1)c1ccc(OC)c(OC)c1.Oc1ccc2c(c1)CCCC2. The zero-order valence-corrected chi connectivity index (χ0v) is 24.2. The third kappa shape index (κ3) is 8.86. The smallest absolute Gasteiger partial charge is 0.162 e. The third-order valence-corrected chi connectivity index (χ3v) is 7.33. The number of aromatic hydroxyl groups is 1. The van der Waals surface area contributed by atoms with Crippen molar-refractivity contribution in [3.63, 3.8) is 0 Å². The Labute approximate surface area is 240 Å². The minimum atomic E-state index is 0.330. The molecule has 1 aliphatic carbocycles. The molecule has 0 atom stereocenters. The average molecular weight is 545 g/mol. The van der Waals surface area contributed by atoms with E-state index >= 15 is 0 Å². The second-order valence-electron chi connectivity index (χ2n) is 9.92. The van der Waals surface area contributed by atoms with Crippen LogP contribution in [0, 0.1) is 12.8 Å². The van der Waals surface area contributed by atoms with Gasteiger partial charge in [-0.2, -0.15) is 0 Å². The molecule has 3 aromatic carbocycles. The van der Waals surface area contributed by atoms with E-state index in [9.17, 15) is 5.11 Å². The summed E-state index contributed by atoms with van der Waals surface area (Å²) < 4.78 is 16.9. The number of nitrogens with one attached hydrogen (secondary N) is 1. The van der Waals surface area contributed by atoms with Crippen LogP contribution in [0.5, 0.6) is 23.0 Å². The summed E-state index contributed by atoms with van der Waals surface area (Å²) in [5.74, 6) is 2.86. The Morgan fingerprint density at radius 3 is 2.17 bits per heavy atom. The molecule has 0 saturated carbocycles. The van der Waals surface area contributed by atoms with Crippen molar-refractivity contribution in [3.05, 3.63) is 77.4 Å². The Balaban J connectivity index is 0.000000280. The molecule has 40 heavy (non-hydrogen) atoms. The van der Waals surface area contributed by atoms with E-state index in [2.05, 4.69) is 60.3 Å². The topological polar surface area (TPSA) is 63.2 Å².